The Morgan fingerprint density at radius 1 is 1.32 bits per heavy atom. The van der Waals surface area contributed by atoms with Crippen LogP contribution < -0.4 is 0 Å². The van der Waals surface area contributed by atoms with E-state index in [1.165, 1.54) is 0 Å². The van der Waals surface area contributed by atoms with Crippen LogP contribution in [-0.2, 0) is 14.4 Å². The summed E-state index contributed by atoms with van der Waals surface area (Å²) in [5.41, 5.74) is -0.852. The number of aliphatic carboxylic acids is 1. The average molecular weight is 288 g/mol. The molecular formula is C12H20N2O4S. The summed E-state index contributed by atoms with van der Waals surface area (Å²) in [6.45, 7) is 7.05. The highest BCUT2D eigenvalue weighted by Crippen LogP contribution is 2.23. The summed E-state index contributed by atoms with van der Waals surface area (Å²) in [6.07, 6.45) is 0. The number of nitrogens with zero attached hydrogens (tertiary/aromatic N) is 2. The van der Waals surface area contributed by atoms with E-state index >= 15 is 0 Å². The quantitative estimate of drug-likeness (QED) is 0.786. The number of carboxylic acid groups (broad SMARTS) is 1. The molecule has 0 unspecified atom stereocenters. The summed E-state index contributed by atoms with van der Waals surface area (Å²) in [5, 5.41) is 8.54. The molecule has 0 saturated carbocycles. The van der Waals surface area contributed by atoms with E-state index in [9.17, 15) is 14.4 Å². The SMILES string of the molecule is CCN1CCN(C(=O)CSCC(=O)O)C(C)(C)C1=O. The number of hydrogen-bond acceptors (Lipinski definition) is 4. The molecule has 2 amide bonds. The van der Waals surface area contributed by atoms with Crippen LogP contribution >= 0.6 is 11.8 Å². The average Bonchev–Trinajstić information content (AvgIpc) is 2.31. The number of amides is 2. The fourth-order valence-corrected chi connectivity index (χ4v) is 2.75. The van der Waals surface area contributed by atoms with Crippen molar-refractivity contribution in [3.63, 3.8) is 0 Å². The van der Waals surface area contributed by atoms with Crippen LogP contribution in [0.3, 0.4) is 0 Å². The highest BCUT2D eigenvalue weighted by Gasteiger charge is 2.43. The maximum atomic E-state index is 12.2. The third-order valence-electron chi connectivity index (χ3n) is 3.21. The lowest BCUT2D eigenvalue weighted by atomic mass is 9.97. The van der Waals surface area contributed by atoms with Crippen LogP contribution in [0.2, 0.25) is 0 Å². The van der Waals surface area contributed by atoms with Crippen molar-refractivity contribution in [3.8, 4) is 0 Å². The molecule has 0 spiro atoms. The zero-order chi connectivity index (χ0) is 14.6. The standard InChI is InChI=1S/C12H20N2O4S/c1-4-13-5-6-14(12(2,3)11(13)18)9(15)7-19-8-10(16)17/h4-8H2,1-3H3,(H,16,17). The van der Waals surface area contributed by atoms with E-state index in [2.05, 4.69) is 0 Å². The normalized spacial score (nSPS) is 18.6. The van der Waals surface area contributed by atoms with E-state index in [0.717, 1.165) is 11.8 Å². The highest BCUT2D eigenvalue weighted by molar-refractivity contribution is 8.00. The zero-order valence-corrected chi connectivity index (χ0v) is 12.3. The summed E-state index contributed by atoms with van der Waals surface area (Å²) in [6, 6.07) is 0. The van der Waals surface area contributed by atoms with Gasteiger partial charge < -0.3 is 14.9 Å². The Bertz CT molecular complexity index is 384. The number of thioether (sulfide) groups is 1. The van der Waals surface area contributed by atoms with Crippen LogP contribution in [0.4, 0.5) is 0 Å². The van der Waals surface area contributed by atoms with Gasteiger partial charge >= 0.3 is 5.97 Å². The minimum atomic E-state index is -0.941. The van der Waals surface area contributed by atoms with Gasteiger partial charge in [0.25, 0.3) is 0 Å². The molecule has 1 fully saturated rings. The molecule has 0 bridgehead atoms. The summed E-state index contributed by atoms with van der Waals surface area (Å²) in [5.74, 6) is -1.19. The second-order valence-corrected chi connectivity index (χ2v) is 5.86. The molecule has 1 N–H and O–H groups in total. The van der Waals surface area contributed by atoms with Crippen molar-refractivity contribution in [1.29, 1.82) is 0 Å². The van der Waals surface area contributed by atoms with Gasteiger partial charge in [-0.15, -0.1) is 11.8 Å². The van der Waals surface area contributed by atoms with Crippen molar-refractivity contribution < 1.29 is 19.5 Å². The second kappa shape index (κ2) is 6.27. The van der Waals surface area contributed by atoms with Gasteiger partial charge in [0.2, 0.25) is 11.8 Å². The van der Waals surface area contributed by atoms with Crippen LogP contribution in [0.15, 0.2) is 0 Å². The molecule has 1 saturated heterocycles. The fourth-order valence-electron chi connectivity index (χ4n) is 2.15. The van der Waals surface area contributed by atoms with E-state index < -0.39 is 11.5 Å². The third-order valence-corrected chi connectivity index (χ3v) is 4.11. The monoisotopic (exact) mass is 288 g/mol. The van der Waals surface area contributed by atoms with Gasteiger partial charge in [0.05, 0.1) is 11.5 Å². The Balaban J connectivity index is 2.65. The summed E-state index contributed by atoms with van der Waals surface area (Å²) >= 11 is 1.06. The number of carbonyl (C=O) groups excluding carboxylic acids is 2. The van der Waals surface area contributed by atoms with E-state index in [1.807, 2.05) is 6.92 Å². The van der Waals surface area contributed by atoms with Crippen LogP contribution in [0, 0.1) is 0 Å². The summed E-state index contributed by atoms with van der Waals surface area (Å²) in [7, 11) is 0. The topological polar surface area (TPSA) is 77.9 Å². The lowest BCUT2D eigenvalue weighted by Gasteiger charge is -2.45. The molecule has 1 aliphatic heterocycles. The molecule has 0 aromatic heterocycles. The lowest BCUT2D eigenvalue weighted by Crippen LogP contribution is -2.64. The van der Waals surface area contributed by atoms with Gasteiger partial charge in [-0.2, -0.15) is 0 Å². The van der Waals surface area contributed by atoms with Crippen LogP contribution in [0.5, 0.6) is 0 Å². The maximum absolute atomic E-state index is 12.2. The van der Waals surface area contributed by atoms with Crippen LogP contribution in [-0.4, -0.2) is 69.4 Å². The Labute approximate surface area is 117 Å². The molecule has 19 heavy (non-hydrogen) atoms. The largest absolute Gasteiger partial charge is 0.481 e. The van der Waals surface area contributed by atoms with Crippen molar-refractivity contribution >= 4 is 29.5 Å². The lowest BCUT2D eigenvalue weighted by molar-refractivity contribution is -0.157. The predicted molar refractivity (Wildman–Crippen MR) is 73.0 cm³/mol. The van der Waals surface area contributed by atoms with Gasteiger partial charge in [-0.05, 0) is 20.8 Å². The van der Waals surface area contributed by atoms with Crippen LogP contribution in [0.1, 0.15) is 20.8 Å². The van der Waals surface area contributed by atoms with Crippen molar-refractivity contribution in [2.75, 3.05) is 31.1 Å². The van der Waals surface area contributed by atoms with Crippen molar-refractivity contribution in [2.45, 2.75) is 26.3 Å². The van der Waals surface area contributed by atoms with Crippen LogP contribution in [0.25, 0.3) is 0 Å². The molecule has 0 aliphatic carbocycles. The fraction of sp³-hybridized carbons (Fsp3) is 0.750. The number of piperazine rings is 1. The number of carboxylic acids is 1. The minimum Gasteiger partial charge on any atom is -0.481 e. The molecule has 1 aliphatic rings. The molecule has 0 atom stereocenters. The first-order valence-electron chi connectivity index (χ1n) is 6.20. The molecular weight excluding hydrogens is 268 g/mol. The maximum Gasteiger partial charge on any atom is 0.313 e. The third kappa shape index (κ3) is 3.62. The second-order valence-electron chi connectivity index (χ2n) is 4.88. The van der Waals surface area contributed by atoms with Gasteiger partial charge in [-0.3, -0.25) is 14.4 Å². The van der Waals surface area contributed by atoms with Gasteiger partial charge in [0.15, 0.2) is 0 Å². The highest BCUT2D eigenvalue weighted by atomic mass is 32.2. The van der Waals surface area contributed by atoms with Crippen molar-refractivity contribution in [3.05, 3.63) is 0 Å². The minimum absolute atomic E-state index is 0.0576. The van der Waals surface area contributed by atoms with Gasteiger partial charge in [-0.1, -0.05) is 0 Å². The number of rotatable bonds is 5. The van der Waals surface area contributed by atoms with E-state index in [-0.39, 0.29) is 23.3 Å². The molecule has 7 heteroatoms. The van der Waals surface area contributed by atoms with Crippen molar-refractivity contribution in [1.82, 2.24) is 9.80 Å². The van der Waals surface area contributed by atoms with Gasteiger partial charge in [0, 0.05) is 19.6 Å². The first-order valence-corrected chi connectivity index (χ1v) is 7.35. The number of carbonyl (C=O) groups is 3. The summed E-state index contributed by atoms with van der Waals surface area (Å²) in [4.78, 5) is 38.0. The van der Waals surface area contributed by atoms with E-state index in [0.29, 0.717) is 19.6 Å². The van der Waals surface area contributed by atoms with Crippen molar-refractivity contribution in [2.24, 2.45) is 0 Å². The molecule has 0 radical (unpaired) electrons. The smallest absolute Gasteiger partial charge is 0.313 e. The Kier molecular flexibility index (Phi) is 5.22. The molecule has 1 rings (SSSR count). The molecule has 108 valence electrons. The zero-order valence-electron chi connectivity index (χ0n) is 11.5. The number of hydrogen-bond donors (Lipinski definition) is 1. The number of likely N-dealkylation sites (N-methyl/N-ethyl adjacent to an activating group) is 1. The Hall–Kier alpha value is -1.24. The first kappa shape index (κ1) is 15.8. The first-order chi connectivity index (χ1) is 8.80. The predicted octanol–water partition coefficient (Wildman–Crippen LogP) is 0.273. The van der Waals surface area contributed by atoms with E-state index in [1.54, 1.807) is 23.6 Å². The molecule has 0 aromatic rings. The summed E-state index contributed by atoms with van der Waals surface area (Å²) < 4.78 is 0. The molecule has 1 heterocycles. The van der Waals surface area contributed by atoms with E-state index in [4.69, 9.17) is 5.11 Å². The molecule has 0 aromatic carbocycles. The molecule has 6 nitrogen and oxygen atoms in total. The van der Waals surface area contributed by atoms with Gasteiger partial charge in [-0.25, -0.2) is 0 Å². The Morgan fingerprint density at radius 3 is 2.47 bits per heavy atom. The van der Waals surface area contributed by atoms with Gasteiger partial charge in [0.1, 0.15) is 5.54 Å². The Morgan fingerprint density at radius 2 is 1.95 bits per heavy atom.